The molecule has 0 spiro atoms. The molecule has 0 aliphatic carbocycles. The molecule has 4 rings (SSSR count). The summed E-state index contributed by atoms with van der Waals surface area (Å²) < 4.78 is 1.41. The maximum Gasteiger partial charge on any atom is 0.291 e. The van der Waals surface area contributed by atoms with Crippen LogP contribution in [0.15, 0.2) is 83.7 Å². The van der Waals surface area contributed by atoms with Crippen molar-refractivity contribution < 1.29 is 4.84 Å². The van der Waals surface area contributed by atoms with Gasteiger partial charge in [0.25, 0.3) is 5.56 Å². The zero-order chi connectivity index (χ0) is 20.6. The Labute approximate surface area is 171 Å². The van der Waals surface area contributed by atoms with Crippen LogP contribution in [0.3, 0.4) is 0 Å². The lowest BCUT2D eigenvalue weighted by Gasteiger charge is -2.23. The van der Waals surface area contributed by atoms with Crippen molar-refractivity contribution in [3.8, 4) is 22.4 Å². The molecule has 4 aromatic rings. The number of hydrogen-bond acceptors (Lipinski definition) is 2. The summed E-state index contributed by atoms with van der Waals surface area (Å²) in [5.74, 6) is 0. The van der Waals surface area contributed by atoms with Crippen LogP contribution in [0.5, 0.6) is 0 Å². The minimum absolute atomic E-state index is 0.0226. The first kappa shape index (κ1) is 19.0. The highest BCUT2D eigenvalue weighted by atomic mass is 16.6. The predicted octanol–water partition coefficient (Wildman–Crippen LogP) is 5.69. The van der Waals surface area contributed by atoms with Gasteiger partial charge in [0, 0.05) is 11.1 Å². The third-order valence-electron chi connectivity index (χ3n) is 5.30. The topological polar surface area (TPSA) is 31.2 Å². The number of rotatable bonds is 3. The fourth-order valence-corrected chi connectivity index (χ4v) is 3.77. The van der Waals surface area contributed by atoms with Crippen molar-refractivity contribution in [2.24, 2.45) is 0 Å². The van der Waals surface area contributed by atoms with Crippen LogP contribution < -0.4 is 10.4 Å². The van der Waals surface area contributed by atoms with E-state index in [0.29, 0.717) is 5.39 Å². The van der Waals surface area contributed by atoms with Crippen molar-refractivity contribution in [2.75, 3.05) is 7.11 Å². The van der Waals surface area contributed by atoms with Crippen LogP contribution in [0.2, 0.25) is 0 Å². The van der Waals surface area contributed by atoms with Gasteiger partial charge < -0.3 is 4.84 Å². The normalized spacial score (nSPS) is 11.6. The quantitative estimate of drug-likeness (QED) is 0.455. The van der Waals surface area contributed by atoms with E-state index in [0.717, 1.165) is 27.8 Å². The van der Waals surface area contributed by atoms with Gasteiger partial charge in [0.2, 0.25) is 0 Å². The molecule has 0 aliphatic rings. The molecule has 146 valence electrons. The Balaban J connectivity index is 2.24. The van der Waals surface area contributed by atoms with E-state index < -0.39 is 0 Å². The molecule has 1 heterocycles. The van der Waals surface area contributed by atoms with E-state index in [4.69, 9.17) is 4.84 Å². The fourth-order valence-electron chi connectivity index (χ4n) is 3.77. The molecule has 29 heavy (non-hydrogen) atoms. The summed E-state index contributed by atoms with van der Waals surface area (Å²) in [5.41, 5.74) is 4.77. The molecule has 0 atom stereocenters. The molecule has 0 fully saturated rings. The molecular weight excluding hydrogens is 358 g/mol. The van der Waals surface area contributed by atoms with Crippen LogP contribution in [-0.2, 0) is 5.41 Å². The SMILES string of the molecule is COn1c(-c2ccccc2)c(-c2ccccc2)c2cc(C(C)(C)C)ccc2c1=O. The van der Waals surface area contributed by atoms with E-state index in [1.54, 1.807) is 0 Å². The average Bonchev–Trinajstić information content (AvgIpc) is 2.74. The van der Waals surface area contributed by atoms with E-state index in [-0.39, 0.29) is 11.0 Å². The molecule has 0 radical (unpaired) electrons. The molecule has 0 unspecified atom stereocenters. The number of nitrogens with zero attached hydrogens (tertiary/aromatic N) is 1. The van der Waals surface area contributed by atoms with Crippen LogP contribution in [-0.4, -0.2) is 11.8 Å². The number of benzene rings is 3. The molecule has 1 aromatic heterocycles. The summed E-state index contributed by atoms with van der Waals surface area (Å²) in [6, 6.07) is 26.3. The predicted molar refractivity (Wildman–Crippen MR) is 120 cm³/mol. The van der Waals surface area contributed by atoms with E-state index in [1.807, 2.05) is 60.7 Å². The second-order valence-electron chi connectivity index (χ2n) is 8.25. The smallest absolute Gasteiger partial charge is 0.291 e. The second-order valence-corrected chi connectivity index (χ2v) is 8.25. The maximum absolute atomic E-state index is 13.3. The zero-order valence-corrected chi connectivity index (χ0v) is 17.3. The van der Waals surface area contributed by atoms with Gasteiger partial charge in [0.15, 0.2) is 0 Å². The van der Waals surface area contributed by atoms with Gasteiger partial charge in [-0.25, -0.2) is 0 Å². The third kappa shape index (κ3) is 3.33. The van der Waals surface area contributed by atoms with E-state index >= 15 is 0 Å². The summed E-state index contributed by atoms with van der Waals surface area (Å²) in [6.07, 6.45) is 0. The molecule has 3 aromatic carbocycles. The first-order valence-electron chi connectivity index (χ1n) is 9.80. The number of fused-ring (bicyclic) bond motifs is 1. The average molecular weight is 383 g/mol. The third-order valence-corrected chi connectivity index (χ3v) is 5.30. The van der Waals surface area contributed by atoms with Crippen molar-refractivity contribution >= 4 is 10.8 Å². The largest absolute Gasteiger partial charge is 0.413 e. The lowest BCUT2D eigenvalue weighted by molar-refractivity contribution is 0.163. The summed E-state index contributed by atoms with van der Waals surface area (Å²) in [5, 5.41) is 1.60. The van der Waals surface area contributed by atoms with Crippen LogP contribution in [0.1, 0.15) is 26.3 Å². The lowest BCUT2D eigenvalue weighted by atomic mass is 9.84. The van der Waals surface area contributed by atoms with Crippen LogP contribution in [0.4, 0.5) is 0 Å². The van der Waals surface area contributed by atoms with Crippen molar-refractivity contribution in [2.45, 2.75) is 26.2 Å². The van der Waals surface area contributed by atoms with Crippen molar-refractivity contribution in [3.05, 3.63) is 94.8 Å². The molecular formula is C26H25NO2. The highest BCUT2D eigenvalue weighted by molar-refractivity contribution is 6.02. The number of pyridine rings is 1. The minimum atomic E-state index is -0.151. The summed E-state index contributed by atoms with van der Waals surface area (Å²) >= 11 is 0. The van der Waals surface area contributed by atoms with E-state index in [2.05, 4.69) is 39.0 Å². The lowest BCUT2D eigenvalue weighted by Crippen LogP contribution is -2.27. The monoisotopic (exact) mass is 383 g/mol. The Bertz CT molecular complexity index is 1220. The number of hydrogen-bond donors (Lipinski definition) is 0. The summed E-state index contributed by atoms with van der Waals surface area (Å²) in [7, 11) is 1.54. The van der Waals surface area contributed by atoms with Gasteiger partial charge in [-0.05, 0) is 34.1 Å². The summed E-state index contributed by atoms with van der Waals surface area (Å²) in [4.78, 5) is 18.9. The summed E-state index contributed by atoms with van der Waals surface area (Å²) in [6.45, 7) is 6.56. The molecule has 0 amide bonds. The molecule has 3 nitrogen and oxygen atoms in total. The second kappa shape index (κ2) is 7.25. The van der Waals surface area contributed by atoms with Crippen molar-refractivity contribution in [1.29, 1.82) is 0 Å². The molecule has 0 aliphatic heterocycles. The Kier molecular flexibility index (Phi) is 4.75. The van der Waals surface area contributed by atoms with Gasteiger partial charge in [0.1, 0.15) is 7.11 Å². The van der Waals surface area contributed by atoms with E-state index in [9.17, 15) is 4.79 Å². The molecule has 0 N–H and O–H groups in total. The standard InChI is InChI=1S/C26H25NO2/c1-26(2,3)20-15-16-21-22(17-20)23(18-11-7-5-8-12-18)24(27(29-4)25(21)28)19-13-9-6-10-14-19/h5-17H,1-4H3. The van der Waals surface area contributed by atoms with Crippen molar-refractivity contribution in [1.82, 2.24) is 4.73 Å². The zero-order valence-electron chi connectivity index (χ0n) is 17.3. The Morgan fingerprint density at radius 2 is 1.34 bits per heavy atom. The minimum Gasteiger partial charge on any atom is -0.413 e. The Morgan fingerprint density at radius 3 is 1.90 bits per heavy atom. The Morgan fingerprint density at radius 1 is 0.759 bits per heavy atom. The maximum atomic E-state index is 13.3. The van der Waals surface area contributed by atoms with Gasteiger partial charge in [-0.1, -0.05) is 87.5 Å². The van der Waals surface area contributed by atoms with Gasteiger partial charge >= 0.3 is 0 Å². The molecule has 0 bridgehead atoms. The van der Waals surface area contributed by atoms with Crippen LogP contribution in [0, 0.1) is 0 Å². The van der Waals surface area contributed by atoms with Gasteiger partial charge in [-0.15, -0.1) is 4.73 Å². The molecule has 3 heteroatoms. The first-order valence-corrected chi connectivity index (χ1v) is 9.80. The van der Waals surface area contributed by atoms with Crippen LogP contribution >= 0.6 is 0 Å². The number of aromatic nitrogens is 1. The van der Waals surface area contributed by atoms with Gasteiger partial charge in [-0.3, -0.25) is 4.79 Å². The highest BCUT2D eigenvalue weighted by Gasteiger charge is 2.22. The van der Waals surface area contributed by atoms with E-state index in [1.165, 1.54) is 17.4 Å². The molecule has 0 saturated heterocycles. The first-order chi connectivity index (χ1) is 13.9. The molecule has 0 saturated carbocycles. The fraction of sp³-hybridized carbons (Fsp3) is 0.192. The van der Waals surface area contributed by atoms with Crippen LogP contribution in [0.25, 0.3) is 33.2 Å². The highest BCUT2D eigenvalue weighted by Crippen LogP contribution is 2.38. The van der Waals surface area contributed by atoms with Gasteiger partial charge in [-0.2, -0.15) is 0 Å². The van der Waals surface area contributed by atoms with Gasteiger partial charge in [0.05, 0.1) is 11.1 Å². The van der Waals surface area contributed by atoms with Crippen molar-refractivity contribution in [3.63, 3.8) is 0 Å². The Hall–Kier alpha value is -3.33.